The third-order valence-corrected chi connectivity index (χ3v) is 5.26. The van der Waals surface area contributed by atoms with Gasteiger partial charge in [-0.05, 0) is 36.4 Å². The summed E-state index contributed by atoms with van der Waals surface area (Å²) in [7, 11) is 1.57. The van der Waals surface area contributed by atoms with Crippen LogP contribution in [0.2, 0.25) is 0 Å². The first-order valence-electron chi connectivity index (χ1n) is 9.84. The number of halogens is 1. The molecule has 154 valence electrons. The Morgan fingerprint density at radius 2 is 1.70 bits per heavy atom. The monoisotopic (exact) mass is 407 g/mol. The summed E-state index contributed by atoms with van der Waals surface area (Å²) in [6.07, 6.45) is 1.74. The lowest BCUT2D eigenvalue weighted by Crippen LogP contribution is -2.36. The second kappa shape index (κ2) is 8.53. The third-order valence-electron chi connectivity index (χ3n) is 5.26. The van der Waals surface area contributed by atoms with Crippen molar-refractivity contribution >= 4 is 22.6 Å². The normalized spacial score (nSPS) is 13.1. The van der Waals surface area contributed by atoms with Crippen molar-refractivity contribution in [3.8, 4) is 5.75 Å². The standard InChI is InChI=1S/C24H22FNO4/c1-29-22-13-12-20(18-7-3-4-8-19(18)22)24(28)30-15-23(27)26(17-10-11-17)14-16-6-2-5-9-21(16)25/h2-9,12-13,17H,10-11,14-15H2,1H3. The van der Waals surface area contributed by atoms with Crippen LogP contribution >= 0.6 is 0 Å². The fraction of sp³-hybridized carbons (Fsp3) is 0.250. The molecule has 0 aliphatic heterocycles. The lowest BCUT2D eigenvalue weighted by atomic mass is 10.0. The maximum Gasteiger partial charge on any atom is 0.339 e. The van der Waals surface area contributed by atoms with Gasteiger partial charge in [0.05, 0.1) is 12.7 Å². The van der Waals surface area contributed by atoms with Crippen molar-refractivity contribution in [1.29, 1.82) is 0 Å². The molecule has 30 heavy (non-hydrogen) atoms. The second-order valence-corrected chi connectivity index (χ2v) is 7.28. The van der Waals surface area contributed by atoms with Crippen LogP contribution in [0.25, 0.3) is 10.8 Å². The van der Waals surface area contributed by atoms with Gasteiger partial charge in [-0.1, -0.05) is 42.5 Å². The Kier molecular flexibility index (Phi) is 5.65. The molecule has 3 aromatic carbocycles. The number of nitrogens with zero attached hydrogens (tertiary/aromatic N) is 1. The van der Waals surface area contributed by atoms with Crippen LogP contribution in [-0.2, 0) is 16.1 Å². The second-order valence-electron chi connectivity index (χ2n) is 7.28. The number of amides is 1. The van der Waals surface area contributed by atoms with Gasteiger partial charge in [-0.3, -0.25) is 4.79 Å². The molecule has 5 nitrogen and oxygen atoms in total. The number of benzene rings is 3. The molecular weight excluding hydrogens is 385 g/mol. The van der Waals surface area contributed by atoms with Crippen LogP contribution in [0.3, 0.4) is 0 Å². The van der Waals surface area contributed by atoms with E-state index in [2.05, 4.69) is 0 Å². The summed E-state index contributed by atoms with van der Waals surface area (Å²) in [4.78, 5) is 27.0. The highest BCUT2D eigenvalue weighted by Crippen LogP contribution is 2.30. The highest BCUT2D eigenvalue weighted by Gasteiger charge is 2.33. The van der Waals surface area contributed by atoms with Gasteiger partial charge in [-0.25, -0.2) is 9.18 Å². The fourth-order valence-electron chi connectivity index (χ4n) is 3.53. The smallest absolute Gasteiger partial charge is 0.339 e. The van der Waals surface area contributed by atoms with Gasteiger partial charge >= 0.3 is 5.97 Å². The molecule has 1 aliphatic carbocycles. The van der Waals surface area contributed by atoms with Crippen molar-refractivity contribution in [3.05, 3.63) is 77.6 Å². The molecule has 0 radical (unpaired) electrons. The van der Waals surface area contributed by atoms with Crippen LogP contribution in [0.15, 0.2) is 60.7 Å². The zero-order chi connectivity index (χ0) is 21.1. The van der Waals surface area contributed by atoms with Gasteiger partial charge in [0.2, 0.25) is 0 Å². The predicted molar refractivity (Wildman–Crippen MR) is 111 cm³/mol. The molecule has 0 bridgehead atoms. The minimum Gasteiger partial charge on any atom is -0.496 e. The summed E-state index contributed by atoms with van der Waals surface area (Å²) in [5.74, 6) is -0.601. The van der Waals surface area contributed by atoms with E-state index in [1.807, 2.05) is 24.3 Å². The summed E-state index contributed by atoms with van der Waals surface area (Å²) < 4.78 is 24.7. The Hall–Kier alpha value is -3.41. The molecule has 6 heteroatoms. The highest BCUT2D eigenvalue weighted by molar-refractivity contribution is 6.06. The Bertz CT molecular complexity index is 1090. The van der Waals surface area contributed by atoms with Crippen molar-refractivity contribution in [3.63, 3.8) is 0 Å². The number of rotatable bonds is 7. The van der Waals surface area contributed by atoms with Crippen LogP contribution in [0.4, 0.5) is 4.39 Å². The van der Waals surface area contributed by atoms with Crippen LogP contribution in [0, 0.1) is 5.82 Å². The summed E-state index contributed by atoms with van der Waals surface area (Å²) in [6.45, 7) is -0.219. The van der Waals surface area contributed by atoms with Gasteiger partial charge < -0.3 is 14.4 Å². The molecule has 0 heterocycles. The Balaban J connectivity index is 1.47. The number of hydrogen-bond acceptors (Lipinski definition) is 4. The van der Waals surface area contributed by atoms with E-state index in [-0.39, 0.29) is 30.9 Å². The first-order valence-corrected chi connectivity index (χ1v) is 9.84. The van der Waals surface area contributed by atoms with E-state index in [9.17, 15) is 14.0 Å². The fourth-order valence-corrected chi connectivity index (χ4v) is 3.53. The van der Waals surface area contributed by atoms with E-state index < -0.39 is 5.97 Å². The molecule has 3 aromatic rings. The summed E-state index contributed by atoms with van der Waals surface area (Å²) in [6, 6.07) is 17.1. The number of methoxy groups -OCH3 is 1. The molecule has 0 unspecified atom stereocenters. The lowest BCUT2D eigenvalue weighted by molar-refractivity contribution is -0.135. The highest BCUT2D eigenvalue weighted by atomic mass is 19.1. The molecule has 1 saturated carbocycles. The zero-order valence-corrected chi connectivity index (χ0v) is 16.6. The minimum atomic E-state index is -0.580. The minimum absolute atomic E-state index is 0.0672. The summed E-state index contributed by atoms with van der Waals surface area (Å²) in [5.41, 5.74) is 0.816. The largest absolute Gasteiger partial charge is 0.496 e. The van der Waals surface area contributed by atoms with Gasteiger partial charge in [-0.15, -0.1) is 0 Å². The van der Waals surface area contributed by atoms with E-state index >= 15 is 0 Å². The van der Waals surface area contributed by atoms with E-state index in [1.54, 1.807) is 42.3 Å². The number of carbonyl (C=O) groups is 2. The van der Waals surface area contributed by atoms with Crippen LogP contribution in [-0.4, -0.2) is 36.5 Å². The van der Waals surface area contributed by atoms with E-state index in [1.165, 1.54) is 6.07 Å². The van der Waals surface area contributed by atoms with Crippen molar-refractivity contribution in [2.45, 2.75) is 25.4 Å². The van der Waals surface area contributed by atoms with Crippen molar-refractivity contribution < 1.29 is 23.5 Å². The van der Waals surface area contributed by atoms with E-state index in [4.69, 9.17) is 9.47 Å². The Labute approximate surface area is 174 Å². The van der Waals surface area contributed by atoms with Gasteiger partial charge in [0.15, 0.2) is 6.61 Å². The molecule has 0 spiro atoms. The SMILES string of the molecule is COc1ccc(C(=O)OCC(=O)N(Cc2ccccc2F)C2CC2)c2ccccc12. The van der Waals surface area contributed by atoms with Crippen LogP contribution in [0.1, 0.15) is 28.8 Å². The molecule has 4 rings (SSSR count). The molecule has 1 aliphatic rings. The first-order chi connectivity index (χ1) is 14.6. The molecule has 1 amide bonds. The molecule has 0 aromatic heterocycles. The molecule has 0 saturated heterocycles. The van der Waals surface area contributed by atoms with Crippen LogP contribution in [0.5, 0.6) is 5.75 Å². The van der Waals surface area contributed by atoms with Gasteiger partial charge in [0.25, 0.3) is 5.91 Å². The number of esters is 1. The van der Waals surface area contributed by atoms with Gasteiger partial charge in [-0.2, -0.15) is 0 Å². The number of fused-ring (bicyclic) bond motifs is 1. The van der Waals surface area contributed by atoms with Crippen molar-refractivity contribution in [2.75, 3.05) is 13.7 Å². The van der Waals surface area contributed by atoms with E-state index in [0.717, 1.165) is 18.2 Å². The maximum absolute atomic E-state index is 14.0. The van der Waals surface area contributed by atoms with Gasteiger partial charge in [0.1, 0.15) is 11.6 Å². The van der Waals surface area contributed by atoms with Crippen molar-refractivity contribution in [2.24, 2.45) is 0 Å². The van der Waals surface area contributed by atoms with Crippen molar-refractivity contribution in [1.82, 2.24) is 4.90 Å². The molecule has 0 N–H and O–H groups in total. The number of ether oxygens (including phenoxy) is 2. The van der Waals surface area contributed by atoms with Gasteiger partial charge in [0, 0.05) is 23.5 Å². The summed E-state index contributed by atoms with van der Waals surface area (Å²) >= 11 is 0. The first kappa shape index (κ1) is 19.9. The number of carbonyl (C=O) groups excluding carboxylic acids is 2. The third kappa shape index (κ3) is 4.13. The lowest BCUT2D eigenvalue weighted by Gasteiger charge is -2.22. The Morgan fingerprint density at radius 1 is 1.00 bits per heavy atom. The molecule has 1 fully saturated rings. The molecule has 0 atom stereocenters. The zero-order valence-electron chi connectivity index (χ0n) is 16.6. The predicted octanol–water partition coefficient (Wildman–Crippen LogP) is 4.34. The summed E-state index contributed by atoms with van der Waals surface area (Å²) in [5, 5.41) is 1.49. The topological polar surface area (TPSA) is 55.8 Å². The Morgan fingerprint density at radius 3 is 2.40 bits per heavy atom. The average Bonchev–Trinajstić information content (AvgIpc) is 3.61. The average molecular weight is 407 g/mol. The maximum atomic E-state index is 14.0. The van der Waals surface area contributed by atoms with Crippen LogP contribution < -0.4 is 4.74 Å². The number of hydrogen-bond donors (Lipinski definition) is 0. The molecular formula is C24H22FNO4. The van der Waals surface area contributed by atoms with E-state index in [0.29, 0.717) is 22.3 Å². The quantitative estimate of drug-likeness (QED) is 0.547.